The van der Waals surface area contributed by atoms with Crippen molar-refractivity contribution in [1.29, 1.82) is 0 Å². The summed E-state index contributed by atoms with van der Waals surface area (Å²) in [7, 11) is 0. The van der Waals surface area contributed by atoms with Gasteiger partial charge in [0.25, 0.3) is 0 Å². The SMILES string of the molecule is C=CCCCCOC1CCC(CCc2ccc(C#Cc3ccc(Cl)cc3F)cc2)CC1. The van der Waals surface area contributed by atoms with Crippen molar-refractivity contribution in [1.82, 2.24) is 0 Å². The molecule has 0 aromatic heterocycles. The van der Waals surface area contributed by atoms with Crippen LogP contribution in [0.2, 0.25) is 5.02 Å². The van der Waals surface area contributed by atoms with E-state index in [4.69, 9.17) is 16.3 Å². The molecule has 31 heavy (non-hydrogen) atoms. The van der Waals surface area contributed by atoms with Crippen LogP contribution in [0.15, 0.2) is 55.1 Å². The smallest absolute Gasteiger partial charge is 0.140 e. The van der Waals surface area contributed by atoms with E-state index in [1.54, 1.807) is 12.1 Å². The Kier molecular flexibility index (Phi) is 9.66. The largest absolute Gasteiger partial charge is 0.378 e. The molecule has 3 rings (SSSR count). The van der Waals surface area contributed by atoms with E-state index in [1.165, 1.54) is 50.2 Å². The highest BCUT2D eigenvalue weighted by Gasteiger charge is 2.21. The Morgan fingerprint density at radius 1 is 1.03 bits per heavy atom. The monoisotopic (exact) mass is 438 g/mol. The van der Waals surface area contributed by atoms with Gasteiger partial charge in [0.15, 0.2) is 0 Å². The second-order valence-electron chi connectivity index (χ2n) is 8.41. The number of aryl methyl sites for hydroxylation is 1. The van der Waals surface area contributed by atoms with E-state index in [0.29, 0.717) is 16.7 Å². The minimum absolute atomic E-state index is 0.366. The summed E-state index contributed by atoms with van der Waals surface area (Å²) in [4.78, 5) is 0. The molecule has 2 aromatic carbocycles. The third-order valence-corrected chi connectivity index (χ3v) is 6.25. The number of rotatable bonds is 9. The lowest BCUT2D eigenvalue weighted by Crippen LogP contribution is -2.22. The normalized spacial score (nSPS) is 18.3. The minimum atomic E-state index is -0.385. The molecule has 0 spiro atoms. The van der Waals surface area contributed by atoms with Crippen molar-refractivity contribution >= 4 is 11.6 Å². The molecule has 0 radical (unpaired) electrons. The van der Waals surface area contributed by atoms with Crippen LogP contribution in [0.5, 0.6) is 0 Å². The summed E-state index contributed by atoms with van der Waals surface area (Å²) in [6, 6.07) is 12.9. The van der Waals surface area contributed by atoms with E-state index in [9.17, 15) is 4.39 Å². The molecule has 1 nitrogen and oxygen atoms in total. The molecule has 1 aliphatic rings. The van der Waals surface area contributed by atoms with Gasteiger partial charge in [-0.05, 0) is 99.6 Å². The molecule has 0 unspecified atom stereocenters. The first kappa shape index (κ1) is 23.6. The maximum atomic E-state index is 13.8. The van der Waals surface area contributed by atoms with E-state index in [1.807, 2.05) is 18.2 Å². The first-order chi connectivity index (χ1) is 15.1. The molecule has 164 valence electrons. The second-order valence-corrected chi connectivity index (χ2v) is 8.84. The fraction of sp³-hybridized carbons (Fsp3) is 0.429. The van der Waals surface area contributed by atoms with Gasteiger partial charge in [-0.25, -0.2) is 4.39 Å². The topological polar surface area (TPSA) is 9.23 Å². The Hall–Kier alpha value is -2.08. The number of ether oxygens (including phenoxy) is 1. The fourth-order valence-corrected chi connectivity index (χ4v) is 4.24. The van der Waals surface area contributed by atoms with Gasteiger partial charge < -0.3 is 4.74 Å². The van der Waals surface area contributed by atoms with Crippen molar-refractivity contribution in [2.24, 2.45) is 5.92 Å². The molecule has 0 amide bonds. The molecule has 0 atom stereocenters. The molecular weight excluding hydrogens is 407 g/mol. The minimum Gasteiger partial charge on any atom is -0.378 e. The molecule has 1 saturated carbocycles. The highest BCUT2D eigenvalue weighted by molar-refractivity contribution is 6.30. The average Bonchev–Trinajstić information content (AvgIpc) is 2.78. The van der Waals surface area contributed by atoms with Crippen LogP contribution in [0.25, 0.3) is 0 Å². The molecule has 2 aromatic rings. The van der Waals surface area contributed by atoms with Crippen molar-refractivity contribution in [3.8, 4) is 11.8 Å². The second kappa shape index (κ2) is 12.7. The number of benzene rings is 2. The van der Waals surface area contributed by atoms with Gasteiger partial charge in [0.05, 0.1) is 11.7 Å². The summed E-state index contributed by atoms with van der Waals surface area (Å²) in [5, 5.41) is 0.382. The van der Waals surface area contributed by atoms with E-state index in [2.05, 4.69) is 30.6 Å². The lowest BCUT2D eigenvalue weighted by molar-refractivity contribution is 0.0156. The molecular formula is C28H32ClFO. The average molecular weight is 439 g/mol. The van der Waals surface area contributed by atoms with Gasteiger partial charge >= 0.3 is 0 Å². The van der Waals surface area contributed by atoms with Crippen LogP contribution >= 0.6 is 11.6 Å². The Morgan fingerprint density at radius 3 is 2.52 bits per heavy atom. The van der Waals surface area contributed by atoms with Crippen molar-refractivity contribution in [3.05, 3.63) is 82.6 Å². The standard InChI is InChI=1S/C28H32ClFO/c1-2-3-4-5-20-31-27-18-13-24(14-19-27)11-8-22-6-9-23(10-7-22)12-15-25-16-17-26(29)21-28(25)30/h2,6-7,9-10,16-17,21,24,27H,1,3-5,8,11,13-14,18-20H2. The van der Waals surface area contributed by atoms with E-state index in [0.717, 1.165) is 37.4 Å². The van der Waals surface area contributed by atoms with Gasteiger partial charge in [-0.3, -0.25) is 0 Å². The van der Waals surface area contributed by atoms with E-state index in [-0.39, 0.29) is 5.82 Å². The Balaban J connectivity index is 1.38. The van der Waals surface area contributed by atoms with Crippen LogP contribution in [0, 0.1) is 23.6 Å². The summed E-state index contributed by atoms with van der Waals surface area (Å²) >= 11 is 5.78. The number of halogens is 2. The van der Waals surface area contributed by atoms with Crippen LogP contribution in [-0.4, -0.2) is 12.7 Å². The number of hydrogen-bond acceptors (Lipinski definition) is 1. The third kappa shape index (κ3) is 8.17. The van der Waals surface area contributed by atoms with Gasteiger partial charge in [0.2, 0.25) is 0 Å². The van der Waals surface area contributed by atoms with Crippen molar-refractivity contribution in [2.45, 2.75) is 63.9 Å². The zero-order valence-electron chi connectivity index (χ0n) is 18.2. The van der Waals surface area contributed by atoms with Gasteiger partial charge in [-0.1, -0.05) is 41.7 Å². The van der Waals surface area contributed by atoms with E-state index < -0.39 is 0 Å². The predicted molar refractivity (Wildman–Crippen MR) is 128 cm³/mol. The number of unbranched alkanes of at least 4 members (excludes halogenated alkanes) is 2. The van der Waals surface area contributed by atoms with Gasteiger partial charge in [0, 0.05) is 17.2 Å². The maximum absolute atomic E-state index is 13.8. The summed E-state index contributed by atoms with van der Waals surface area (Å²) in [6.07, 6.45) is 13.1. The Bertz CT molecular complexity index is 885. The lowest BCUT2D eigenvalue weighted by atomic mass is 9.83. The van der Waals surface area contributed by atoms with E-state index >= 15 is 0 Å². The maximum Gasteiger partial charge on any atom is 0.140 e. The molecule has 0 bridgehead atoms. The van der Waals surface area contributed by atoms with Crippen LogP contribution in [-0.2, 0) is 11.2 Å². The van der Waals surface area contributed by atoms with Gasteiger partial charge in [0.1, 0.15) is 5.82 Å². The van der Waals surface area contributed by atoms with Crippen LogP contribution in [0.1, 0.15) is 68.1 Å². The molecule has 0 saturated heterocycles. The summed E-state index contributed by atoms with van der Waals surface area (Å²) in [5.41, 5.74) is 2.59. The predicted octanol–water partition coefficient (Wildman–Crippen LogP) is 7.74. The van der Waals surface area contributed by atoms with Crippen molar-refractivity contribution in [2.75, 3.05) is 6.61 Å². The first-order valence-electron chi connectivity index (χ1n) is 11.4. The molecule has 0 heterocycles. The number of allylic oxidation sites excluding steroid dienone is 1. The Labute approximate surface area is 191 Å². The first-order valence-corrected chi connectivity index (χ1v) is 11.8. The summed E-state index contributed by atoms with van der Waals surface area (Å²) in [5.74, 6) is 6.34. The zero-order chi connectivity index (χ0) is 21.9. The zero-order valence-corrected chi connectivity index (χ0v) is 19.0. The van der Waals surface area contributed by atoms with Crippen LogP contribution < -0.4 is 0 Å². The van der Waals surface area contributed by atoms with Crippen LogP contribution in [0.3, 0.4) is 0 Å². The molecule has 1 fully saturated rings. The van der Waals surface area contributed by atoms with Gasteiger partial charge in [-0.15, -0.1) is 6.58 Å². The summed E-state index contributed by atoms with van der Waals surface area (Å²) < 4.78 is 19.9. The third-order valence-electron chi connectivity index (χ3n) is 6.02. The van der Waals surface area contributed by atoms with Crippen molar-refractivity contribution < 1.29 is 9.13 Å². The molecule has 1 aliphatic carbocycles. The highest BCUT2D eigenvalue weighted by atomic mass is 35.5. The molecule has 0 N–H and O–H groups in total. The Morgan fingerprint density at radius 2 is 1.81 bits per heavy atom. The fourth-order valence-electron chi connectivity index (χ4n) is 4.08. The molecule has 0 aliphatic heterocycles. The highest BCUT2D eigenvalue weighted by Crippen LogP contribution is 2.29. The summed E-state index contributed by atoms with van der Waals surface area (Å²) in [6.45, 7) is 4.65. The lowest BCUT2D eigenvalue weighted by Gasteiger charge is -2.28. The quantitative estimate of drug-likeness (QED) is 0.221. The van der Waals surface area contributed by atoms with Crippen molar-refractivity contribution in [3.63, 3.8) is 0 Å². The number of hydrogen-bond donors (Lipinski definition) is 0. The van der Waals surface area contributed by atoms with Crippen LogP contribution in [0.4, 0.5) is 4.39 Å². The van der Waals surface area contributed by atoms with Gasteiger partial charge in [-0.2, -0.15) is 0 Å². The molecule has 3 heteroatoms.